The predicted octanol–water partition coefficient (Wildman–Crippen LogP) is 4.63. The lowest BCUT2D eigenvalue weighted by Crippen LogP contribution is -2.16. The number of benzene rings is 2. The summed E-state index contributed by atoms with van der Waals surface area (Å²) < 4.78 is 0. The van der Waals surface area contributed by atoms with Gasteiger partial charge in [-0.3, -0.25) is 0 Å². The van der Waals surface area contributed by atoms with E-state index >= 15 is 0 Å². The van der Waals surface area contributed by atoms with E-state index in [2.05, 4.69) is 64.3 Å². The highest BCUT2D eigenvalue weighted by molar-refractivity contribution is 7.99. The zero-order valence-corrected chi connectivity index (χ0v) is 13.8. The Kier molecular flexibility index (Phi) is 3.75. The predicted molar refractivity (Wildman–Crippen MR) is 94.5 cm³/mol. The van der Waals surface area contributed by atoms with E-state index in [1.54, 1.807) is 24.2 Å². The van der Waals surface area contributed by atoms with Crippen molar-refractivity contribution in [3.63, 3.8) is 0 Å². The third kappa shape index (κ3) is 2.82. The molecule has 3 aromatic rings. The Morgan fingerprint density at radius 2 is 1.74 bits per heavy atom. The number of fused-ring (bicyclic) bond motifs is 1. The smallest absolute Gasteiger partial charge is 0.229 e. The highest BCUT2D eigenvalue weighted by atomic mass is 32.2. The van der Waals surface area contributed by atoms with Gasteiger partial charge in [0.1, 0.15) is 0 Å². The van der Waals surface area contributed by atoms with E-state index < -0.39 is 0 Å². The van der Waals surface area contributed by atoms with Gasteiger partial charge in [0.2, 0.25) is 5.95 Å². The number of hydrogen-bond donors (Lipinski definition) is 0. The second-order valence-corrected chi connectivity index (χ2v) is 6.74. The van der Waals surface area contributed by atoms with E-state index in [-0.39, 0.29) is 0 Å². The first-order chi connectivity index (χ1) is 11.3. The molecule has 2 heterocycles. The van der Waals surface area contributed by atoms with Gasteiger partial charge >= 0.3 is 0 Å². The molecule has 0 amide bonds. The van der Waals surface area contributed by atoms with Crippen LogP contribution >= 0.6 is 11.8 Å². The number of nitrogens with zero attached hydrogens (tertiary/aromatic N) is 3. The van der Waals surface area contributed by atoms with Crippen LogP contribution in [0.15, 0.2) is 70.7 Å². The summed E-state index contributed by atoms with van der Waals surface area (Å²) in [4.78, 5) is 13.6. The van der Waals surface area contributed by atoms with Crippen molar-refractivity contribution in [2.24, 2.45) is 0 Å². The second-order valence-electron chi connectivity index (χ2n) is 5.63. The van der Waals surface area contributed by atoms with Crippen LogP contribution in [0.5, 0.6) is 0 Å². The molecule has 0 bridgehead atoms. The van der Waals surface area contributed by atoms with Crippen molar-refractivity contribution in [3.05, 3.63) is 72.1 Å². The molecule has 0 radical (unpaired) electrons. The number of hydrogen-bond acceptors (Lipinski definition) is 4. The maximum Gasteiger partial charge on any atom is 0.229 e. The number of aromatic nitrogens is 2. The van der Waals surface area contributed by atoms with Crippen LogP contribution < -0.4 is 4.90 Å². The van der Waals surface area contributed by atoms with Gasteiger partial charge in [0.15, 0.2) is 0 Å². The topological polar surface area (TPSA) is 29.0 Å². The van der Waals surface area contributed by atoms with Crippen LogP contribution in [-0.4, -0.2) is 16.5 Å². The molecule has 0 aliphatic carbocycles. The third-order valence-electron chi connectivity index (χ3n) is 4.00. The molecule has 0 spiro atoms. The summed E-state index contributed by atoms with van der Waals surface area (Å²) >= 11 is 1.80. The van der Waals surface area contributed by atoms with E-state index in [0.29, 0.717) is 0 Å². The number of aryl methyl sites for hydroxylation is 1. The Morgan fingerprint density at radius 3 is 2.52 bits per heavy atom. The minimum atomic E-state index is 0.781. The Morgan fingerprint density at radius 1 is 0.957 bits per heavy atom. The van der Waals surface area contributed by atoms with Crippen molar-refractivity contribution < 1.29 is 0 Å². The first-order valence-corrected chi connectivity index (χ1v) is 8.54. The molecule has 2 aromatic carbocycles. The molecule has 0 saturated carbocycles. The van der Waals surface area contributed by atoms with Crippen LogP contribution in [0, 0.1) is 6.92 Å². The Hall–Kier alpha value is -2.33. The average molecular weight is 319 g/mol. The van der Waals surface area contributed by atoms with Gasteiger partial charge in [0, 0.05) is 28.7 Å². The third-order valence-corrected chi connectivity index (χ3v) is 5.06. The Balaban J connectivity index is 1.72. The quantitative estimate of drug-likeness (QED) is 0.704. The van der Waals surface area contributed by atoms with Crippen LogP contribution in [0.4, 0.5) is 11.6 Å². The molecule has 1 aromatic heterocycles. The maximum atomic E-state index is 4.42. The van der Waals surface area contributed by atoms with Gasteiger partial charge < -0.3 is 4.90 Å². The summed E-state index contributed by atoms with van der Waals surface area (Å²) in [6.45, 7) is 3.05. The average Bonchev–Trinajstić information content (AvgIpc) is 3.03. The summed E-state index contributed by atoms with van der Waals surface area (Å²) in [7, 11) is 0. The van der Waals surface area contributed by atoms with Crippen molar-refractivity contribution in [3.8, 4) is 0 Å². The number of para-hydroxylation sites is 1. The van der Waals surface area contributed by atoms with Crippen molar-refractivity contribution in [2.75, 3.05) is 11.4 Å². The maximum absolute atomic E-state index is 4.42. The standard InChI is InChI=1S/C19H17N3S/c1-14-6-8-16(9-7-14)23-17-5-2-4-15-10-13-22(18(15)17)19-20-11-3-12-21-19/h2-9,11-12H,10,13H2,1H3. The fourth-order valence-corrected chi connectivity index (χ4v) is 3.88. The largest absolute Gasteiger partial charge is 0.309 e. The highest BCUT2D eigenvalue weighted by Crippen LogP contribution is 2.42. The van der Waals surface area contributed by atoms with Crippen molar-refractivity contribution in [1.29, 1.82) is 0 Å². The van der Waals surface area contributed by atoms with Gasteiger partial charge in [0.05, 0.1) is 5.69 Å². The zero-order chi connectivity index (χ0) is 15.6. The Bertz CT molecular complexity index is 816. The normalized spacial score (nSPS) is 13.2. The van der Waals surface area contributed by atoms with Gasteiger partial charge in [-0.1, -0.05) is 41.6 Å². The van der Waals surface area contributed by atoms with E-state index in [1.807, 2.05) is 6.07 Å². The van der Waals surface area contributed by atoms with Gasteiger partial charge in [-0.15, -0.1) is 0 Å². The summed E-state index contributed by atoms with van der Waals surface area (Å²) in [5.41, 5.74) is 3.91. The molecule has 1 aliphatic heterocycles. The molecule has 0 N–H and O–H groups in total. The molecule has 0 saturated heterocycles. The molecule has 0 unspecified atom stereocenters. The molecule has 3 nitrogen and oxygen atoms in total. The number of rotatable bonds is 3. The minimum Gasteiger partial charge on any atom is -0.309 e. The first-order valence-electron chi connectivity index (χ1n) is 7.72. The zero-order valence-electron chi connectivity index (χ0n) is 12.9. The van der Waals surface area contributed by atoms with Crippen LogP contribution in [-0.2, 0) is 6.42 Å². The van der Waals surface area contributed by atoms with Crippen molar-refractivity contribution in [2.45, 2.75) is 23.1 Å². The van der Waals surface area contributed by atoms with Crippen LogP contribution in [0.1, 0.15) is 11.1 Å². The molecule has 1 aliphatic rings. The van der Waals surface area contributed by atoms with Gasteiger partial charge in [-0.05, 0) is 43.2 Å². The molecule has 23 heavy (non-hydrogen) atoms. The van der Waals surface area contributed by atoms with E-state index in [9.17, 15) is 0 Å². The van der Waals surface area contributed by atoms with Crippen LogP contribution in [0.2, 0.25) is 0 Å². The second kappa shape index (κ2) is 6.05. The monoisotopic (exact) mass is 319 g/mol. The molecule has 4 rings (SSSR count). The lowest BCUT2D eigenvalue weighted by Gasteiger charge is -2.19. The van der Waals surface area contributed by atoms with Gasteiger partial charge in [0.25, 0.3) is 0 Å². The van der Waals surface area contributed by atoms with E-state index in [1.165, 1.54) is 26.6 Å². The van der Waals surface area contributed by atoms with E-state index in [0.717, 1.165) is 18.9 Å². The molecule has 0 atom stereocenters. The molecule has 114 valence electrons. The van der Waals surface area contributed by atoms with Crippen molar-refractivity contribution >= 4 is 23.4 Å². The highest BCUT2D eigenvalue weighted by Gasteiger charge is 2.25. The molecule has 0 fully saturated rings. The summed E-state index contributed by atoms with van der Waals surface area (Å²) in [6, 6.07) is 17.1. The molecular weight excluding hydrogens is 302 g/mol. The SMILES string of the molecule is Cc1ccc(Sc2cccc3c2N(c2ncccn2)CC3)cc1. The van der Waals surface area contributed by atoms with Gasteiger partial charge in [-0.25, -0.2) is 9.97 Å². The van der Waals surface area contributed by atoms with E-state index in [4.69, 9.17) is 0 Å². The summed E-state index contributed by atoms with van der Waals surface area (Å²) in [6.07, 6.45) is 4.64. The van der Waals surface area contributed by atoms with Crippen molar-refractivity contribution in [1.82, 2.24) is 9.97 Å². The summed E-state index contributed by atoms with van der Waals surface area (Å²) in [5.74, 6) is 0.781. The lowest BCUT2D eigenvalue weighted by molar-refractivity contribution is 0.935. The van der Waals surface area contributed by atoms with Gasteiger partial charge in [-0.2, -0.15) is 0 Å². The first kappa shape index (κ1) is 14.3. The lowest BCUT2D eigenvalue weighted by atomic mass is 10.2. The number of anilines is 2. The fourth-order valence-electron chi connectivity index (χ4n) is 2.87. The minimum absolute atomic E-state index is 0.781. The Labute approximate surface area is 140 Å². The molecular formula is C19H17N3S. The fraction of sp³-hybridized carbons (Fsp3) is 0.158. The van der Waals surface area contributed by atoms with Crippen LogP contribution in [0.3, 0.4) is 0 Å². The molecule has 4 heteroatoms. The summed E-state index contributed by atoms with van der Waals surface area (Å²) in [5, 5.41) is 0. The van der Waals surface area contributed by atoms with Crippen LogP contribution in [0.25, 0.3) is 0 Å².